The van der Waals surface area contributed by atoms with Gasteiger partial charge in [-0.2, -0.15) is 13.9 Å². The van der Waals surface area contributed by atoms with Crippen molar-refractivity contribution in [2.75, 3.05) is 6.61 Å². The van der Waals surface area contributed by atoms with Gasteiger partial charge in [0.15, 0.2) is 0 Å². The van der Waals surface area contributed by atoms with Crippen LogP contribution in [0.3, 0.4) is 0 Å². The zero-order valence-corrected chi connectivity index (χ0v) is 13.5. The predicted molar refractivity (Wildman–Crippen MR) is 82.1 cm³/mol. The van der Waals surface area contributed by atoms with Gasteiger partial charge in [-0.3, -0.25) is 4.68 Å². The van der Waals surface area contributed by atoms with E-state index in [4.69, 9.17) is 0 Å². The Morgan fingerprint density at radius 3 is 2.68 bits per heavy atom. The first-order valence-corrected chi connectivity index (χ1v) is 8.10. The maximum absolute atomic E-state index is 12.4. The number of benzene rings is 1. The van der Waals surface area contributed by atoms with Gasteiger partial charge in [-0.05, 0) is 53.6 Å². The van der Waals surface area contributed by atoms with Crippen LogP contribution < -0.4 is 4.74 Å². The highest BCUT2D eigenvalue weighted by atomic mass is 79.9. The Morgan fingerprint density at radius 2 is 2.05 bits per heavy atom. The minimum Gasteiger partial charge on any atom is -0.434 e. The SMILES string of the molecule is OCC1CCC(n2cc3cc(Br)c(OC(F)F)cc3n2)CC1. The zero-order chi connectivity index (χ0) is 15.7. The molecule has 0 aliphatic heterocycles. The summed E-state index contributed by atoms with van der Waals surface area (Å²) in [4.78, 5) is 0. The molecule has 0 amide bonds. The number of aliphatic hydroxyl groups excluding tert-OH is 1. The molecule has 2 aromatic rings. The molecule has 3 rings (SSSR count). The van der Waals surface area contributed by atoms with Crippen LogP contribution in [0.15, 0.2) is 22.8 Å². The highest BCUT2D eigenvalue weighted by Gasteiger charge is 2.23. The summed E-state index contributed by atoms with van der Waals surface area (Å²) < 4.78 is 31.6. The summed E-state index contributed by atoms with van der Waals surface area (Å²) in [5.74, 6) is 0.484. The van der Waals surface area contributed by atoms with E-state index in [0.717, 1.165) is 31.1 Å². The normalized spacial score (nSPS) is 22.4. The molecule has 1 aliphatic carbocycles. The number of hydrogen-bond donors (Lipinski definition) is 1. The maximum Gasteiger partial charge on any atom is 0.387 e. The Hall–Kier alpha value is -1.21. The van der Waals surface area contributed by atoms with Gasteiger partial charge >= 0.3 is 6.61 Å². The van der Waals surface area contributed by atoms with E-state index in [1.54, 1.807) is 6.07 Å². The van der Waals surface area contributed by atoms with Crippen LogP contribution in [0.1, 0.15) is 31.7 Å². The first-order valence-electron chi connectivity index (χ1n) is 7.31. The molecule has 4 nitrogen and oxygen atoms in total. The van der Waals surface area contributed by atoms with Gasteiger partial charge < -0.3 is 9.84 Å². The molecule has 1 saturated carbocycles. The number of hydrogen-bond acceptors (Lipinski definition) is 3. The molecule has 1 heterocycles. The second kappa shape index (κ2) is 6.50. The Balaban J connectivity index is 1.84. The van der Waals surface area contributed by atoms with Crippen molar-refractivity contribution in [1.82, 2.24) is 9.78 Å². The second-order valence-electron chi connectivity index (χ2n) is 5.69. The number of rotatable bonds is 4. The van der Waals surface area contributed by atoms with Gasteiger partial charge in [-0.25, -0.2) is 0 Å². The van der Waals surface area contributed by atoms with Crippen molar-refractivity contribution in [3.63, 3.8) is 0 Å². The van der Waals surface area contributed by atoms with Gasteiger partial charge in [0, 0.05) is 24.3 Å². The predicted octanol–water partition coefficient (Wildman–Crippen LogP) is 4.12. The Kier molecular flexibility index (Phi) is 4.63. The summed E-state index contributed by atoms with van der Waals surface area (Å²) in [5, 5.41) is 14.6. The summed E-state index contributed by atoms with van der Waals surface area (Å²) in [6.45, 7) is -2.61. The second-order valence-corrected chi connectivity index (χ2v) is 6.54. The lowest BCUT2D eigenvalue weighted by atomic mass is 9.87. The van der Waals surface area contributed by atoms with E-state index in [2.05, 4.69) is 25.8 Å². The van der Waals surface area contributed by atoms with Gasteiger partial charge in [0.05, 0.1) is 16.0 Å². The van der Waals surface area contributed by atoms with Crippen molar-refractivity contribution in [3.05, 3.63) is 22.8 Å². The first kappa shape index (κ1) is 15.7. The lowest BCUT2D eigenvalue weighted by molar-refractivity contribution is -0.0502. The smallest absolute Gasteiger partial charge is 0.387 e. The topological polar surface area (TPSA) is 47.3 Å². The number of fused-ring (bicyclic) bond motifs is 1. The molecule has 1 aliphatic rings. The molecular formula is C15H17BrF2N2O2. The molecule has 0 unspecified atom stereocenters. The standard InChI is InChI=1S/C15H17BrF2N2O2/c16-12-5-10-7-20(11-3-1-9(8-21)2-4-11)19-13(10)6-14(12)22-15(17)18/h5-7,9,11,15,21H,1-4,8H2. The third kappa shape index (κ3) is 3.25. The summed E-state index contributed by atoms with van der Waals surface area (Å²) >= 11 is 3.25. The number of halogens is 3. The Labute approximate surface area is 135 Å². The molecule has 1 N–H and O–H groups in total. The van der Waals surface area contributed by atoms with E-state index in [1.807, 2.05) is 10.9 Å². The molecule has 0 atom stereocenters. The average molecular weight is 375 g/mol. The van der Waals surface area contributed by atoms with Crippen molar-refractivity contribution in [1.29, 1.82) is 0 Å². The summed E-state index contributed by atoms with van der Waals surface area (Å²) in [6.07, 6.45) is 5.86. The Morgan fingerprint density at radius 1 is 1.32 bits per heavy atom. The van der Waals surface area contributed by atoms with E-state index >= 15 is 0 Å². The van der Waals surface area contributed by atoms with E-state index in [-0.39, 0.29) is 12.4 Å². The van der Waals surface area contributed by atoms with Gasteiger partial charge in [-0.15, -0.1) is 0 Å². The fourth-order valence-corrected chi connectivity index (χ4v) is 3.46. The highest BCUT2D eigenvalue weighted by Crippen LogP contribution is 2.35. The van der Waals surface area contributed by atoms with Crippen LogP contribution in [0.5, 0.6) is 5.75 Å². The molecule has 0 saturated heterocycles. The van der Waals surface area contributed by atoms with E-state index < -0.39 is 6.61 Å². The summed E-state index contributed by atoms with van der Waals surface area (Å²) in [6, 6.07) is 3.57. The van der Waals surface area contributed by atoms with Crippen LogP contribution >= 0.6 is 15.9 Å². The van der Waals surface area contributed by atoms with E-state index in [1.165, 1.54) is 6.07 Å². The summed E-state index contributed by atoms with van der Waals surface area (Å²) in [5.41, 5.74) is 0.642. The molecule has 0 radical (unpaired) electrons. The molecule has 1 aromatic carbocycles. The molecule has 1 aromatic heterocycles. The van der Waals surface area contributed by atoms with Crippen LogP contribution in [0, 0.1) is 5.92 Å². The number of alkyl halides is 2. The number of nitrogens with zero attached hydrogens (tertiary/aromatic N) is 2. The number of aromatic nitrogens is 2. The first-order chi connectivity index (χ1) is 10.6. The quantitative estimate of drug-likeness (QED) is 0.875. The Bertz CT molecular complexity index is 654. The molecule has 0 spiro atoms. The molecular weight excluding hydrogens is 358 g/mol. The largest absolute Gasteiger partial charge is 0.434 e. The molecule has 120 valence electrons. The van der Waals surface area contributed by atoms with Crippen LogP contribution in [0.25, 0.3) is 10.9 Å². The van der Waals surface area contributed by atoms with Crippen molar-refractivity contribution in [2.45, 2.75) is 38.3 Å². The average Bonchev–Trinajstić information content (AvgIpc) is 2.90. The lowest BCUT2D eigenvalue weighted by Gasteiger charge is -2.27. The van der Waals surface area contributed by atoms with Crippen molar-refractivity contribution in [3.8, 4) is 5.75 Å². The van der Waals surface area contributed by atoms with Gasteiger partial charge in [0.25, 0.3) is 0 Å². The monoisotopic (exact) mass is 374 g/mol. The fraction of sp³-hybridized carbons (Fsp3) is 0.533. The summed E-state index contributed by atoms with van der Waals surface area (Å²) in [7, 11) is 0. The highest BCUT2D eigenvalue weighted by molar-refractivity contribution is 9.10. The van der Waals surface area contributed by atoms with Crippen molar-refractivity contribution in [2.24, 2.45) is 5.92 Å². The number of ether oxygens (including phenoxy) is 1. The van der Waals surface area contributed by atoms with Gasteiger partial charge in [-0.1, -0.05) is 0 Å². The van der Waals surface area contributed by atoms with E-state index in [0.29, 0.717) is 21.9 Å². The maximum atomic E-state index is 12.4. The van der Waals surface area contributed by atoms with Gasteiger partial charge in [0.1, 0.15) is 5.75 Å². The molecule has 1 fully saturated rings. The number of aliphatic hydroxyl groups is 1. The van der Waals surface area contributed by atoms with Crippen LogP contribution in [0.2, 0.25) is 0 Å². The lowest BCUT2D eigenvalue weighted by Crippen LogP contribution is -2.20. The minimum atomic E-state index is -2.86. The molecule has 7 heteroatoms. The van der Waals surface area contributed by atoms with E-state index in [9.17, 15) is 13.9 Å². The van der Waals surface area contributed by atoms with Crippen LogP contribution in [-0.2, 0) is 0 Å². The third-order valence-corrected chi connectivity index (χ3v) is 4.86. The van der Waals surface area contributed by atoms with Crippen molar-refractivity contribution < 1.29 is 18.6 Å². The van der Waals surface area contributed by atoms with Crippen LogP contribution in [-0.4, -0.2) is 28.1 Å². The molecule has 0 bridgehead atoms. The third-order valence-electron chi connectivity index (χ3n) is 4.24. The zero-order valence-electron chi connectivity index (χ0n) is 11.9. The van der Waals surface area contributed by atoms with Crippen molar-refractivity contribution >= 4 is 26.8 Å². The van der Waals surface area contributed by atoms with Crippen LogP contribution in [0.4, 0.5) is 8.78 Å². The molecule has 22 heavy (non-hydrogen) atoms. The minimum absolute atomic E-state index is 0.0942. The fourth-order valence-electron chi connectivity index (χ4n) is 3.01. The van der Waals surface area contributed by atoms with Gasteiger partial charge in [0.2, 0.25) is 0 Å².